The maximum atomic E-state index is 6.17. The quantitative estimate of drug-likeness (QED) is 0.389. The summed E-state index contributed by atoms with van der Waals surface area (Å²) < 4.78 is 8.26. The first-order valence-electron chi connectivity index (χ1n) is 9.12. The van der Waals surface area contributed by atoms with Gasteiger partial charge in [0.15, 0.2) is 17.1 Å². The van der Waals surface area contributed by atoms with Crippen LogP contribution in [0.15, 0.2) is 41.6 Å². The first-order valence-corrected chi connectivity index (χ1v) is 10.9. The van der Waals surface area contributed by atoms with Gasteiger partial charge in [-0.2, -0.15) is 0 Å². The fraction of sp³-hybridized carbons (Fsp3) is 0.333. The van der Waals surface area contributed by atoms with Gasteiger partial charge in [-0.05, 0) is 57.0 Å². The lowest BCUT2D eigenvalue weighted by atomic mass is 10.1. The van der Waals surface area contributed by atoms with Crippen molar-refractivity contribution in [2.75, 3.05) is 0 Å². The highest BCUT2D eigenvalue weighted by Crippen LogP contribution is 2.30. The molecule has 0 saturated carbocycles. The average Bonchev–Trinajstić information content (AvgIpc) is 3.08. The van der Waals surface area contributed by atoms with Gasteiger partial charge in [-0.15, -0.1) is 10.2 Å². The molecule has 1 heterocycles. The van der Waals surface area contributed by atoms with Gasteiger partial charge in [-0.1, -0.05) is 58.7 Å². The summed E-state index contributed by atoms with van der Waals surface area (Å²) >= 11 is 13.7. The Balaban J connectivity index is 1.74. The van der Waals surface area contributed by atoms with Gasteiger partial charge in [0.1, 0.15) is 5.75 Å². The fourth-order valence-corrected chi connectivity index (χ4v) is 4.23. The zero-order chi connectivity index (χ0) is 20.3. The van der Waals surface area contributed by atoms with Gasteiger partial charge < -0.3 is 9.30 Å². The monoisotopic (exact) mass is 435 g/mol. The third-order valence-corrected chi connectivity index (χ3v) is 6.19. The first-order chi connectivity index (χ1) is 13.4. The molecule has 3 rings (SSSR count). The van der Waals surface area contributed by atoms with Gasteiger partial charge in [0.2, 0.25) is 0 Å². The van der Waals surface area contributed by atoms with E-state index in [-0.39, 0.29) is 6.10 Å². The lowest BCUT2D eigenvalue weighted by Crippen LogP contribution is -2.12. The van der Waals surface area contributed by atoms with E-state index in [1.807, 2.05) is 31.2 Å². The van der Waals surface area contributed by atoms with E-state index in [0.29, 0.717) is 10.0 Å². The van der Waals surface area contributed by atoms with Gasteiger partial charge in [0.25, 0.3) is 0 Å². The molecule has 0 radical (unpaired) electrons. The van der Waals surface area contributed by atoms with Gasteiger partial charge in [0.05, 0.1) is 10.0 Å². The Kier molecular flexibility index (Phi) is 6.91. The minimum Gasteiger partial charge on any atom is -0.482 e. The Bertz CT molecular complexity index is 974. The molecule has 0 bridgehead atoms. The molecular formula is C21H23Cl2N3OS. The van der Waals surface area contributed by atoms with Crippen molar-refractivity contribution >= 4 is 35.0 Å². The van der Waals surface area contributed by atoms with E-state index >= 15 is 0 Å². The average molecular weight is 436 g/mol. The topological polar surface area (TPSA) is 39.9 Å². The number of benzene rings is 2. The van der Waals surface area contributed by atoms with Crippen LogP contribution in [0, 0.1) is 13.8 Å². The van der Waals surface area contributed by atoms with Crippen LogP contribution in [0.25, 0.3) is 0 Å². The highest BCUT2D eigenvalue weighted by molar-refractivity contribution is 7.98. The molecule has 0 aliphatic rings. The molecule has 0 aliphatic carbocycles. The molecule has 4 nitrogen and oxygen atoms in total. The number of rotatable bonds is 7. The minimum absolute atomic E-state index is 0.201. The van der Waals surface area contributed by atoms with E-state index in [2.05, 4.69) is 47.7 Å². The Labute approximate surface area is 180 Å². The second-order valence-electron chi connectivity index (χ2n) is 6.65. The van der Waals surface area contributed by atoms with Crippen LogP contribution in [-0.2, 0) is 12.3 Å². The van der Waals surface area contributed by atoms with Gasteiger partial charge in [0, 0.05) is 12.3 Å². The summed E-state index contributed by atoms with van der Waals surface area (Å²) in [5.41, 5.74) is 3.42. The molecule has 3 aromatic rings. The molecule has 0 fully saturated rings. The molecule has 0 aliphatic heterocycles. The molecule has 7 heteroatoms. The van der Waals surface area contributed by atoms with Crippen molar-refractivity contribution in [2.24, 2.45) is 0 Å². The van der Waals surface area contributed by atoms with Crippen LogP contribution in [0.2, 0.25) is 10.0 Å². The lowest BCUT2D eigenvalue weighted by molar-refractivity contribution is 0.208. The summed E-state index contributed by atoms with van der Waals surface area (Å²) in [6.45, 7) is 8.98. The Morgan fingerprint density at radius 2 is 1.86 bits per heavy atom. The predicted octanol–water partition coefficient (Wildman–Crippen LogP) is 6.65. The van der Waals surface area contributed by atoms with Gasteiger partial charge in [-0.25, -0.2) is 0 Å². The fourth-order valence-electron chi connectivity index (χ4n) is 2.96. The second kappa shape index (κ2) is 9.21. The predicted molar refractivity (Wildman–Crippen MR) is 117 cm³/mol. The number of ether oxygens (including phenoxy) is 1. The molecule has 1 aromatic heterocycles. The SMILES string of the molecule is CCn1c(SCc2ccc(Cl)c(Cl)c2)nnc1C(C)Oc1ccc(C)cc1C. The third-order valence-electron chi connectivity index (χ3n) is 4.41. The number of nitrogens with zero attached hydrogens (tertiary/aromatic N) is 3. The summed E-state index contributed by atoms with van der Waals surface area (Å²) in [6.07, 6.45) is -0.201. The van der Waals surface area contributed by atoms with E-state index in [1.165, 1.54) is 5.56 Å². The van der Waals surface area contributed by atoms with Crippen LogP contribution >= 0.6 is 35.0 Å². The zero-order valence-corrected chi connectivity index (χ0v) is 18.7. The highest BCUT2D eigenvalue weighted by Gasteiger charge is 2.19. The summed E-state index contributed by atoms with van der Waals surface area (Å²) in [7, 11) is 0. The number of hydrogen-bond acceptors (Lipinski definition) is 4. The molecular weight excluding hydrogens is 413 g/mol. The van der Waals surface area contributed by atoms with Crippen LogP contribution < -0.4 is 4.74 Å². The summed E-state index contributed by atoms with van der Waals surface area (Å²) in [6, 6.07) is 11.9. The Hall–Kier alpha value is -1.69. The first kappa shape index (κ1) is 21.0. The van der Waals surface area contributed by atoms with E-state index in [1.54, 1.807) is 11.8 Å². The molecule has 1 unspecified atom stereocenters. The summed E-state index contributed by atoms with van der Waals surface area (Å²) in [5, 5.41) is 10.8. The standard InChI is InChI=1S/C21H23Cl2N3OS/c1-5-26-20(15(4)27-19-9-6-13(2)10-14(19)3)24-25-21(26)28-12-16-7-8-17(22)18(23)11-16/h6-11,15H,5,12H2,1-4H3. The normalized spacial score (nSPS) is 12.2. The van der Waals surface area contributed by atoms with E-state index in [0.717, 1.165) is 40.2 Å². The van der Waals surface area contributed by atoms with Crippen LogP contribution in [0.1, 0.15) is 42.5 Å². The number of thioether (sulfide) groups is 1. The van der Waals surface area contributed by atoms with Gasteiger partial charge >= 0.3 is 0 Å². The van der Waals surface area contributed by atoms with Crippen LogP contribution in [-0.4, -0.2) is 14.8 Å². The van der Waals surface area contributed by atoms with Crippen LogP contribution in [0.4, 0.5) is 0 Å². The second-order valence-corrected chi connectivity index (χ2v) is 8.41. The number of halogens is 2. The molecule has 0 N–H and O–H groups in total. The van der Waals surface area contributed by atoms with Gasteiger partial charge in [-0.3, -0.25) is 0 Å². The molecule has 0 spiro atoms. The number of hydrogen-bond donors (Lipinski definition) is 0. The van der Waals surface area contributed by atoms with Crippen molar-refractivity contribution in [1.29, 1.82) is 0 Å². The molecule has 1 atom stereocenters. The molecule has 28 heavy (non-hydrogen) atoms. The van der Waals surface area contributed by atoms with Crippen molar-refractivity contribution < 1.29 is 4.74 Å². The smallest absolute Gasteiger partial charge is 0.191 e. The number of aromatic nitrogens is 3. The third kappa shape index (κ3) is 4.83. The highest BCUT2D eigenvalue weighted by atomic mass is 35.5. The Morgan fingerprint density at radius 3 is 2.54 bits per heavy atom. The van der Waals surface area contributed by atoms with E-state index in [9.17, 15) is 0 Å². The molecule has 0 saturated heterocycles. The van der Waals surface area contributed by atoms with E-state index in [4.69, 9.17) is 27.9 Å². The minimum atomic E-state index is -0.201. The van der Waals surface area contributed by atoms with E-state index < -0.39 is 0 Å². The maximum Gasteiger partial charge on any atom is 0.191 e. The van der Waals surface area contributed by atoms with Crippen LogP contribution in [0.3, 0.4) is 0 Å². The summed E-state index contributed by atoms with van der Waals surface area (Å²) in [5.74, 6) is 2.43. The molecule has 0 amide bonds. The molecule has 2 aromatic carbocycles. The maximum absolute atomic E-state index is 6.17. The van der Waals surface area contributed by atoms with Crippen molar-refractivity contribution in [3.8, 4) is 5.75 Å². The Morgan fingerprint density at radius 1 is 1.07 bits per heavy atom. The van der Waals surface area contributed by atoms with Crippen LogP contribution in [0.5, 0.6) is 5.75 Å². The zero-order valence-electron chi connectivity index (χ0n) is 16.4. The lowest BCUT2D eigenvalue weighted by Gasteiger charge is -2.17. The summed E-state index contributed by atoms with van der Waals surface area (Å²) in [4.78, 5) is 0. The van der Waals surface area contributed by atoms with Crippen molar-refractivity contribution in [3.63, 3.8) is 0 Å². The van der Waals surface area contributed by atoms with Crippen molar-refractivity contribution in [3.05, 3.63) is 69.0 Å². The largest absolute Gasteiger partial charge is 0.482 e. The number of aryl methyl sites for hydroxylation is 2. The molecule has 148 valence electrons. The van der Waals surface area contributed by atoms with Crippen molar-refractivity contribution in [2.45, 2.75) is 51.3 Å². The van der Waals surface area contributed by atoms with Crippen molar-refractivity contribution in [1.82, 2.24) is 14.8 Å².